The molecule has 150 valence electrons. The van der Waals surface area contributed by atoms with Crippen molar-refractivity contribution in [3.05, 3.63) is 41.6 Å². The summed E-state index contributed by atoms with van der Waals surface area (Å²) >= 11 is 0. The standard InChI is InChI=1S/C19H22F3N5O/c1-26(2)17-15(12-23-18(25-17)27-9-3-4-10-27)24-16(28)11-13-5-7-14(8-6-13)19(20,21)22/h5-8,12H,3-4,9-11H2,1-2H3,(H,24,28). The number of nitrogens with zero attached hydrogens (tertiary/aromatic N) is 4. The average Bonchev–Trinajstić information content (AvgIpc) is 3.16. The number of halogens is 3. The molecule has 6 nitrogen and oxygen atoms in total. The number of anilines is 3. The van der Waals surface area contributed by atoms with Crippen molar-refractivity contribution < 1.29 is 18.0 Å². The Bertz CT molecular complexity index is 830. The predicted molar refractivity (Wildman–Crippen MR) is 102 cm³/mol. The van der Waals surface area contributed by atoms with Gasteiger partial charge in [0.25, 0.3) is 0 Å². The monoisotopic (exact) mass is 393 g/mol. The molecular weight excluding hydrogens is 371 g/mol. The molecule has 1 aromatic heterocycles. The lowest BCUT2D eigenvalue weighted by Gasteiger charge is -2.21. The summed E-state index contributed by atoms with van der Waals surface area (Å²) in [7, 11) is 3.64. The van der Waals surface area contributed by atoms with Crippen molar-refractivity contribution in [1.82, 2.24) is 9.97 Å². The van der Waals surface area contributed by atoms with Crippen LogP contribution >= 0.6 is 0 Å². The molecule has 0 radical (unpaired) electrons. The van der Waals surface area contributed by atoms with Gasteiger partial charge in [-0.05, 0) is 30.5 Å². The molecule has 2 heterocycles. The van der Waals surface area contributed by atoms with E-state index in [2.05, 4.69) is 20.2 Å². The van der Waals surface area contributed by atoms with Crippen LogP contribution < -0.4 is 15.1 Å². The molecule has 0 atom stereocenters. The summed E-state index contributed by atoms with van der Waals surface area (Å²) in [6.45, 7) is 1.82. The van der Waals surface area contributed by atoms with E-state index in [1.165, 1.54) is 12.1 Å². The highest BCUT2D eigenvalue weighted by Gasteiger charge is 2.30. The van der Waals surface area contributed by atoms with Crippen LogP contribution in [0, 0.1) is 0 Å². The van der Waals surface area contributed by atoms with Crippen LogP contribution in [-0.4, -0.2) is 43.1 Å². The van der Waals surface area contributed by atoms with Crippen molar-refractivity contribution in [2.45, 2.75) is 25.4 Å². The summed E-state index contributed by atoms with van der Waals surface area (Å²) in [5.41, 5.74) is 0.217. The Morgan fingerprint density at radius 1 is 1.18 bits per heavy atom. The second kappa shape index (κ2) is 8.04. The second-order valence-corrected chi connectivity index (χ2v) is 6.92. The largest absolute Gasteiger partial charge is 0.416 e. The third-order valence-corrected chi connectivity index (χ3v) is 4.49. The zero-order valence-corrected chi connectivity index (χ0v) is 15.8. The number of aromatic nitrogens is 2. The van der Waals surface area contributed by atoms with E-state index in [4.69, 9.17) is 0 Å². The Labute approximate surface area is 161 Å². The quantitative estimate of drug-likeness (QED) is 0.844. The van der Waals surface area contributed by atoms with Crippen LogP contribution in [-0.2, 0) is 17.4 Å². The lowest BCUT2D eigenvalue weighted by Crippen LogP contribution is -2.24. The van der Waals surface area contributed by atoms with E-state index in [1.807, 2.05) is 14.1 Å². The van der Waals surface area contributed by atoms with Crippen LogP contribution in [0.4, 0.5) is 30.6 Å². The maximum Gasteiger partial charge on any atom is 0.416 e. The molecule has 1 aliphatic rings. The van der Waals surface area contributed by atoms with Gasteiger partial charge in [-0.25, -0.2) is 4.98 Å². The molecule has 0 unspecified atom stereocenters. The number of rotatable bonds is 5. The maximum atomic E-state index is 12.6. The molecule has 28 heavy (non-hydrogen) atoms. The minimum absolute atomic E-state index is 0.0428. The normalized spacial score (nSPS) is 14.2. The van der Waals surface area contributed by atoms with Crippen molar-refractivity contribution in [2.75, 3.05) is 42.3 Å². The van der Waals surface area contributed by atoms with Gasteiger partial charge in [0.05, 0.1) is 18.2 Å². The number of amides is 1. The fourth-order valence-electron chi connectivity index (χ4n) is 3.05. The molecule has 3 rings (SSSR count). The topological polar surface area (TPSA) is 61.4 Å². The molecule has 1 fully saturated rings. The minimum Gasteiger partial charge on any atom is -0.361 e. The van der Waals surface area contributed by atoms with Gasteiger partial charge in [-0.15, -0.1) is 0 Å². The first kappa shape index (κ1) is 19.9. The van der Waals surface area contributed by atoms with E-state index >= 15 is 0 Å². The van der Waals surface area contributed by atoms with Crippen LogP contribution in [0.15, 0.2) is 30.5 Å². The summed E-state index contributed by atoms with van der Waals surface area (Å²) < 4.78 is 37.9. The summed E-state index contributed by atoms with van der Waals surface area (Å²) in [5, 5.41) is 2.76. The molecule has 1 saturated heterocycles. The zero-order chi connectivity index (χ0) is 20.3. The van der Waals surface area contributed by atoms with Crippen molar-refractivity contribution in [3.8, 4) is 0 Å². The van der Waals surface area contributed by atoms with Crippen LogP contribution in [0.2, 0.25) is 0 Å². The van der Waals surface area contributed by atoms with Crippen molar-refractivity contribution >= 4 is 23.4 Å². The van der Waals surface area contributed by atoms with Gasteiger partial charge in [-0.3, -0.25) is 4.79 Å². The first-order chi connectivity index (χ1) is 13.2. The molecule has 1 N–H and O–H groups in total. The van der Waals surface area contributed by atoms with Crippen molar-refractivity contribution in [2.24, 2.45) is 0 Å². The van der Waals surface area contributed by atoms with Gasteiger partial charge in [-0.1, -0.05) is 12.1 Å². The van der Waals surface area contributed by atoms with Crippen LogP contribution in [0.5, 0.6) is 0 Å². The first-order valence-electron chi connectivity index (χ1n) is 8.99. The molecule has 1 amide bonds. The maximum absolute atomic E-state index is 12.6. The third kappa shape index (κ3) is 4.71. The molecule has 1 aromatic carbocycles. The fourth-order valence-corrected chi connectivity index (χ4v) is 3.05. The van der Waals surface area contributed by atoms with Gasteiger partial charge < -0.3 is 15.1 Å². The molecule has 1 aliphatic heterocycles. The highest BCUT2D eigenvalue weighted by Crippen LogP contribution is 2.29. The number of hydrogen-bond acceptors (Lipinski definition) is 5. The summed E-state index contributed by atoms with van der Waals surface area (Å²) in [6, 6.07) is 4.56. The average molecular weight is 393 g/mol. The SMILES string of the molecule is CN(C)c1nc(N2CCCC2)ncc1NC(=O)Cc1ccc(C(F)(F)F)cc1. The summed E-state index contributed by atoms with van der Waals surface area (Å²) in [6.07, 6.45) is -0.659. The second-order valence-electron chi connectivity index (χ2n) is 6.92. The number of alkyl halides is 3. The molecule has 0 bridgehead atoms. The highest BCUT2D eigenvalue weighted by molar-refractivity contribution is 5.94. The van der Waals surface area contributed by atoms with Gasteiger partial charge in [0.2, 0.25) is 11.9 Å². The van der Waals surface area contributed by atoms with Gasteiger partial charge in [-0.2, -0.15) is 18.2 Å². The Morgan fingerprint density at radius 2 is 1.82 bits per heavy atom. The number of nitrogens with one attached hydrogen (secondary N) is 1. The van der Waals surface area contributed by atoms with Gasteiger partial charge in [0.15, 0.2) is 5.82 Å². The Morgan fingerprint density at radius 3 is 2.39 bits per heavy atom. The van der Waals surface area contributed by atoms with Crippen molar-refractivity contribution in [3.63, 3.8) is 0 Å². The predicted octanol–water partition coefficient (Wildman–Crippen LogP) is 3.34. The molecule has 0 saturated carbocycles. The zero-order valence-electron chi connectivity index (χ0n) is 15.8. The fraction of sp³-hybridized carbons (Fsp3) is 0.421. The summed E-state index contributed by atoms with van der Waals surface area (Å²) in [4.78, 5) is 25.2. The number of benzene rings is 1. The van der Waals surface area contributed by atoms with E-state index in [1.54, 1.807) is 11.1 Å². The van der Waals surface area contributed by atoms with Crippen LogP contribution in [0.1, 0.15) is 24.0 Å². The Kier molecular flexibility index (Phi) is 5.71. The van der Waals surface area contributed by atoms with Gasteiger partial charge in [0, 0.05) is 27.2 Å². The molecular formula is C19H22F3N5O. The number of carbonyl (C=O) groups is 1. The minimum atomic E-state index is -4.39. The van der Waals surface area contributed by atoms with E-state index < -0.39 is 11.7 Å². The molecule has 9 heteroatoms. The van der Waals surface area contributed by atoms with Gasteiger partial charge in [0.1, 0.15) is 5.69 Å². The molecule has 0 spiro atoms. The van der Waals surface area contributed by atoms with E-state index in [0.29, 0.717) is 23.0 Å². The molecule has 2 aromatic rings. The number of hydrogen-bond donors (Lipinski definition) is 1. The lowest BCUT2D eigenvalue weighted by molar-refractivity contribution is -0.137. The number of carbonyl (C=O) groups excluding carboxylic acids is 1. The van der Waals surface area contributed by atoms with Crippen molar-refractivity contribution in [1.29, 1.82) is 0 Å². The van der Waals surface area contributed by atoms with E-state index in [0.717, 1.165) is 38.1 Å². The Balaban J connectivity index is 1.70. The Hall–Kier alpha value is -2.84. The third-order valence-electron chi connectivity index (χ3n) is 4.49. The first-order valence-corrected chi connectivity index (χ1v) is 8.99. The smallest absolute Gasteiger partial charge is 0.361 e. The van der Waals surface area contributed by atoms with Crippen LogP contribution in [0.25, 0.3) is 0 Å². The highest BCUT2D eigenvalue weighted by atomic mass is 19.4. The molecule has 0 aliphatic carbocycles. The summed E-state index contributed by atoms with van der Waals surface area (Å²) in [5.74, 6) is 0.861. The van der Waals surface area contributed by atoms with E-state index in [-0.39, 0.29) is 12.3 Å². The van der Waals surface area contributed by atoms with Gasteiger partial charge >= 0.3 is 6.18 Å². The van der Waals surface area contributed by atoms with E-state index in [9.17, 15) is 18.0 Å². The van der Waals surface area contributed by atoms with Crippen LogP contribution in [0.3, 0.4) is 0 Å². The lowest BCUT2D eigenvalue weighted by atomic mass is 10.1.